The number of carbonyl (C=O) groups is 1. The van der Waals surface area contributed by atoms with Gasteiger partial charge in [-0.15, -0.1) is 0 Å². The fourth-order valence-electron chi connectivity index (χ4n) is 3.44. The van der Waals surface area contributed by atoms with Gasteiger partial charge in [-0.05, 0) is 42.9 Å². The summed E-state index contributed by atoms with van der Waals surface area (Å²) in [5, 5.41) is 24.4. The number of hydrogen-bond donors (Lipinski definition) is 4. The molecule has 0 saturated heterocycles. The predicted molar refractivity (Wildman–Crippen MR) is 96.3 cm³/mol. The van der Waals surface area contributed by atoms with E-state index >= 15 is 0 Å². The Morgan fingerprint density at radius 1 is 1.21 bits per heavy atom. The number of anilines is 1. The standard InChI is InChI=1S/C19H30N2O3/c22-18(11-13-21-19(23)24)16-9-4-10-17(14-16)20-12-5-8-15-6-2-1-3-7-15/h4,9-10,14-15,18,20-22H,1-3,5-8,11-13H2,(H,23,24). The Hall–Kier alpha value is -1.75. The van der Waals surface area contributed by atoms with Gasteiger partial charge in [0.25, 0.3) is 0 Å². The molecule has 1 aliphatic carbocycles. The van der Waals surface area contributed by atoms with E-state index in [4.69, 9.17) is 5.11 Å². The summed E-state index contributed by atoms with van der Waals surface area (Å²) in [7, 11) is 0. The molecular formula is C19H30N2O3. The van der Waals surface area contributed by atoms with Gasteiger partial charge >= 0.3 is 6.09 Å². The molecule has 1 fully saturated rings. The lowest BCUT2D eigenvalue weighted by Gasteiger charge is -2.21. The second-order valence-electron chi connectivity index (χ2n) is 6.73. The normalized spacial score (nSPS) is 16.5. The number of carboxylic acid groups (broad SMARTS) is 1. The lowest BCUT2D eigenvalue weighted by atomic mass is 9.86. The molecule has 4 N–H and O–H groups in total. The van der Waals surface area contributed by atoms with Gasteiger partial charge in [0.05, 0.1) is 6.10 Å². The monoisotopic (exact) mass is 334 g/mol. The summed E-state index contributed by atoms with van der Waals surface area (Å²) in [6, 6.07) is 7.75. The molecule has 24 heavy (non-hydrogen) atoms. The SMILES string of the molecule is O=C(O)NCCC(O)c1cccc(NCCCC2CCCCC2)c1. The van der Waals surface area contributed by atoms with Gasteiger partial charge in [-0.1, -0.05) is 44.2 Å². The quantitative estimate of drug-likeness (QED) is 0.511. The number of rotatable bonds is 9. The number of aliphatic hydroxyl groups is 1. The summed E-state index contributed by atoms with van der Waals surface area (Å²) < 4.78 is 0. The fourth-order valence-corrected chi connectivity index (χ4v) is 3.44. The minimum Gasteiger partial charge on any atom is -0.465 e. The van der Waals surface area contributed by atoms with Crippen LogP contribution in [0.2, 0.25) is 0 Å². The van der Waals surface area contributed by atoms with Crippen molar-refractivity contribution >= 4 is 11.8 Å². The molecular weight excluding hydrogens is 304 g/mol. The average molecular weight is 334 g/mol. The van der Waals surface area contributed by atoms with Crippen LogP contribution in [-0.2, 0) is 0 Å². The van der Waals surface area contributed by atoms with E-state index in [0.29, 0.717) is 6.42 Å². The van der Waals surface area contributed by atoms with E-state index in [-0.39, 0.29) is 6.54 Å². The van der Waals surface area contributed by atoms with Crippen LogP contribution in [0, 0.1) is 5.92 Å². The molecule has 5 nitrogen and oxygen atoms in total. The number of benzene rings is 1. The van der Waals surface area contributed by atoms with Gasteiger partial charge in [-0.2, -0.15) is 0 Å². The molecule has 0 heterocycles. The molecule has 1 atom stereocenters. The molecule has 1 aromatic carbocycles. The summed E-state index contributed by atoms with van der Waals surface area (Å²) in [4.78, 5) is 10.4. The molecule has 0 bridgehead atoms. The van der Waals surface area contributed by atoms with Crippen molar-refractivity contribution in [2.45, 2.75) is 57.5 Å². The van der Waals surface area contributed by atoms with Gasteiger partial charge in [-0.3, -0.25) is 0 Å². The highest BCUT2D eigenvalue weighted by atomic mass is 16.4. The van der Waals surface area contributed by atoms with E-state index in [0.717, 1.165) is 23.7 Å². The second kappa shape index (κ2) is 10.2. The van der Waals surface area contributed by atoms with Crippen LogP contribution in [0.25, 0.3) is 0 Å². The van der Waals surface area contributed by atoms with E-state index in [9.17, 15) is 9.90 Å². The Morgan fingerprint density at radius 3 is 2.75 bits per heavy atom. The molecule has 1 unspecified atom stereocenters. The van der Waals surface area contributed by atoms with Gasteiger partial charge in [0, 0.05) is 18.8 Å². The van der Waals surface area contributed by atoms with Crippen molar-refractivity contribution in [2.75, 3.05) is 18.4 Å². The molecule has 1 aromatic rings. The molecule has 134 valence electrons. The van der Waals surface area contributed by atoms with E-state index in [1.807, 2.05) is 24.3 Å². The van der Waals surface area contributed by atoms with Crippen LogP contribution in [-0.4, -0.2) is 29.4 Å². The summed E-state index contributed by atoms with van der Waals surface area (Å²) in [6.45, 7) is 1.20. The number of amides is 1. The molecule has 0 aromatic heterocycles. The van der Waals surface area contributed by atoms with Crippen molar-refractivity contribution in [3.05, 3.63) is 29.8 Å². The Kier molecular flexibility index (Phi) is 7.89. The smallest absolute Gasteiger partial charge is 0.404 e. The van der Waals surface area contributed by atoms with E-state index in [1.165, 1.54) is 44.9 Å². The van der Waals surface area contributed by atoms with Crippen LogP contribution >= 0.6 is 0 Å². The number of aliphatic hydroxyl groups excluding tert-OH is 1. The third kappa shape index (κ3) is 6.79. The Labute approximate surface area is 144 Å². The topological polar surface area (TPSA) is 81.6 Å². The molecule has 2 rings (SSSR count). The second-order valence-corrected chi connectivity index (χ2v) is 6.73. The lowest BCUT2D eigenvalue weighted by molar-refractivity contribution is 0.162. The van der Waals surface area contributed by atoms with Crippen LogP contribution in [0.15, 0.2) is 24.3 Å². The van der Waals surface area contributed by atoms with Crippen molar-refractivity contribution in [3.63, 3.8) is 0 Å². The van der Waals surface area contributed by atoms with Gasteiger partial charge in [0.15, 0.2) is 0 Å². The largest absolute Gasteiger partial charge is 0.465 e. The molecule has 0 aliphatic heterocycles. The maximum atomic E-state index is 10.4. The van der Waals surface area contributed by atoms with Crippen LogP contribution in [0.4, 0.5) is 10.5 Å². The molecule has 1 aliphatic rings. The van der Waals surface area contributed by atoms with Gasteiger partial charge in [-0.25, -0.2) is 4.79 Å². The molecule has 5 heteroatoms. The first-order chi connectivity index (χ1) is 11.6. The van der Waals surface area contributed by atoms with E-state index in [2.05, 4.69) is 10.6 Å². The van der Waals surface area contributed by atoms with Crippen molar-refractivity contribution < 1.29 is 15.0 Å². The van der Waals surface area contributed by atoms with E-state index in [1.54, 1.807) is 0 Å². The Morgan fingerprint density at radius 2 is 2.00 bits per heavy atom. The average Bonchev–Trinajstić information content (AvgIpc) is 2.59. The van der Waals surface area contributed by atoms with Crippen LogP contribution in [0.5, 0.6) is 0 Å². The lowest BCUT2D eigenvalue weighted by Crippen LogP contribution is -2.23. The summed E-state index contributed by atoms with van der Waals surface area (Å²) in [5.41, 5.74) is 1.83. The summed E-state index contributed by atoms with van der Waals surface area (Å²) >= 11 is 0. The van der Waals surface area contributed by atoms with Crippen molar-refractivity contribution in [1.29, 1.82) is 0 Å². The predicted octanol–water partition coefficient (Wildman–Crippen LogP) is 4.15. The maximum Gasteiger partial charge on any atom is 0.404 e. The first-order valence-corrected chi connectivity index (χ1v) is 9.14. The highest BCUT2D eigenvalue weighted by molar-refractivity contribution is 5.64. The third-order valence-corrected chi connectivity index (χ3v) is 4.81. The highest BCUT2D eigenvalue weighted by Crippen LogP contribution is 2.27. The zero-order valence-electron chi connectivity index (χ0n) is 14.3. The fraction of sp³-hybridized carbons (Fsp3) is 0.632. The van der Waals surface area contributed by atoms with Crippen molar-refractivity contribution in [2.24, 2.45) is 5.92 Å². The minimum atomic E-state index is -1.06. The van der Waals surface area contributed by atoms with Gasteiger partial charge < -0.3 is 20.8 Å². The highest BCUT2D eigenvalue weighted by Gasteiger charge is 2.12. The molecule has 1 amide bonds. The first kappa shape index (κ1) is 18.6. The van der Waals surface area contributed by atoms with Crippen molar-refractivity contribution in [1.82, 2.24) is 5.32 Å². The van der Waals surface area contributed by atoms with Gasteiger partial charge in [0.1, 0.15) is 0 Å². The van der Waals surface area contributed by atoms with Crippen molar-refractivity contribution in [3.8, 4) is 0 Å². The minimum absolute atomic E-state index is 0.246. The Bertz CT molecular complexity index is 501. The third-order valence-electron chi connectivity index (χ3n) is 4.81. The molecule has 0 radical (unpaired) electrons. The van der Waals surface area contributed by atoms with E-state index < -0.39 is 12.2 Å². The Balaban J connectivity index is 1.70. The van der Waals surface area contributed by atoms with Crippen LogP contribution < -0.4 is 10.6 Å². The zero-order chi connectivity index (χ0) is 17.2. The molecule has 0 spiro atoms. The number of hydrogen-bond acceptors (Lipinski definition) is 3. The number of nitrogens with one attached hydrogen (secondary N) is 2. The summed E-state index contributed by atoms with van der Waals surface area (Å²) in [6.07, 6.45) is 8.14. The summed E-state index contributed by atoms with van der Waals surface area (Å²) in [5.74, 6) is 0.912. The van der Waals surface area contributed by atoms with Gasteiger partial charge in [0.2, 0.25) is 0 Å². The maximum absolute atomic E-state index is 10.4. The first-order valence-electron chi connectivity index (χ1n) is 9.14. The zero-order valence-corrected chi connectivity index (χ0v) is 14.3. The molecule has 1 saturated carbocycles. The van der Waals surface area contributed by atoms with Crippen LogP contribution in [0.1, 0.15) is 63.0 Å². The van der Waals surface area contributed by atoms with Crippen LogP contribution in [0.3, 0.4) is 0 Å².